The molecule has 0 unspecified atom stereocenters. The van der Waals surface area contributed by atoms with Crippen LogP contribution < -0.4 is 0 Å². The normalized spacial score (nSPS) is 14.3. The number of likely N-dealkylation sites (N-methyl/N-ethyl adjacent to an activating group) is 1. The zero-order valence-electron chi connectivity index (χ0n) is 19.8. The summed E-state index contributed by atoms with van der Waals surface area (Å²) in [5.41, 5.74) is 2.41. The van der Waals surface area contributed by atoms with Crippen molar-refractivity contribution in [3.63, 3.8) is 0 Å². The van der Waals surface area contributed by atoms with Crippen molar-refractivity contribution in [3.8, 4) is 11.4 Å². The van der Waals surface area contributed by atoms with Crippen LogP contribution in [0, 0.1) is 10.1 Å². The molecule has 0 atom stereocenters. The Morgan fingerprint density at radius 1 is 1.09 bits per heavy atom. The van der Waals surface area contributed by atoms with Gasteiger partial charge in [-0.2, -0.15) is 0 Å². The number of methoxy groups -OCH3 is 1. The van der Waals surface area contributed by atoms with Gasteiger partial charge < -0.3 is 14.5 Å². The number of carbonyl (C=O) groups is 1. The van der Waals surface area contributed by atoms with E-state index in [-0.39, 0.29) is 11.6 Å². The first-order valence-corrected chi connectivity index (χ1v) is 12.3. The average Bonchev–Trinajstić information content (AvgIpc) is 3.29. The molecule has 184 valence electrons. The molecule has 0 bridgehead atoms. The van der Waals surface area contributed by atoms with Crippen molar-refractivity contribution >= 4 is 23.4 Å². The Bertz CT molecular complexity index is 1180. The third-order valence-corrected chi connectivity index (χ3v) is 6.98. The molecule has 1 saturated heterocycles. The van der Waals surface area contributed by atoms with E-state index in [0.29, 0.717) is 35.4 Å². The van der Waals surface area contributed by atoms with Gasteiger partial charge in [0.2, 0.25) is 0 Å². The average molecular weight is 497 g/mol. The Hall–Kier alpha value is -3.28. The van der Waals surface area contributed by atoms with Crippen molar-refractivity contribution in [2.45, 2.75) is 17.5 Å². The molecule has 35 heavy (non-hydrogen) atoms. The van der Waals surface area contributed by atoms with Gasteiger partial charge >= 0.3 is 0 Å². The van der Waals surface area contributed by atoms with Gasteiger partial charge in [0.25, 0.3) is 11.6 Å². The van der Waals surface area contributed by atoms with Gasteiger partial charge in [-0.25, -0.2) is 0 Å². The quantitative estimate of drug-likeness (QED) is 0.253. The lowest BCUT2D eigenvalue weighted by Gasteiger charge is -2.32. The van der Waals surface area contributed by atoms with Crippen LogP contribution in [0.15, 0.2) is 53.7 Å². The lowest BCUT2D eigenvalue weighted by atomic mass is 10.1. The second-order valence-corrected chi connectivity index (χ2v) is 9.24. The lowest BCUT2D eigenvalue weighted by Crippen LogP contribution is -2.47. The Morgan fingerprint density at radius 2 is 1.80 bits per heavy atom. The van der Waals surface area contributed by atoms with E-state index in [1.807, 2.05) is 33.7 Å². The van der Waals surface area contributed by atoms with Gasteiger partial charge in [0.1, 0.15) is 0 Å². The number of ether oxygens (including phenoxy) is 1. The number of benzene rings is 2. The Kier molecular flexibility index (Phi) is 8.11. The highest BCUT2D eigenvalue weighted by atomic mass is 32.2. The van der Waals surface area contributed by atoms with E-state index in [9.17, 15) is 14.9 Å². The number of carbonyl (C=O) groups excluding carboxylic acids is 1. The molecule has 0 spiro atoms. The minimum absolute atomic E-state index is 0.0212. The van der Waals surface area contributed by atoms with E-state index in [4.69, 9.17) is 4.74 Å². The summed E-state index contributed by atoms with van der Waals surface area (Å²) in [4.78, 5) is 27.9. The maximum absolute atomic E-state index is 13.2. The van der Waals surface area contributed by atoms with E-state index in [1.54, 1.807) is 19.2 Å². The van der Waals surface area contributed by atoms with Crippen LogP contribution in [-0.2, 0) is 17.0 Å². The topological polar surface area (TPSA) is 107 Å². The largest absolute Gasteiger partial charge is 0.383 e. The van der Waals surface area contributed by atoms with Crippen LogP contribution >= 0.6 is 11.8 Å². The summed E-state index contributed by atoms with van der Waals surface area (Å²) in [5, 5.41) is 20.4. The fraction of sp³-hybridized carbons (Fsp3) is 0.375. The third-order valence-electron chi connectivity index (χ3n) is 5.97. The first kappa shape index (κ1) is 24.8. The van der Waals surface area contributed by atoms with E-state index in [2.05, 4.69) is 22.1 Å². The standard InChI is InChI=1S/C24H28N6O4S/c1-27-11-13-28(14-12-27)23(31)21-6-4-3-5-19(21)17-35-24-26-25-22(29(24)15-16-34-2)18-7-9-20(10-8-18)30(32)33/h3-10H,11-17H2,1-2H3. The molecule has 4 rings (SSSR count). The van der Waals surface area contributed by atoms with Gasteiger partial charge in [0.05, 0.1) is 18.1 Å². The van der Waals surface area contributed by atoms with Crippen LogP contribution in [0.2, 0.25) is 0 Å². The number of rotatable bonds is 9. The number of nitro groups is 1. The fourth-order valence-electron chi connectivity index (χ4n) is 3.90. The molecule has 2 heterocycles. The molecule has 0 radical (unpaired) electrons. The maximum Gasteiger partial charge on any atom is 0.269 e. The lowest BCUT2D eigenvalue weighted by molar-refractivity contribution is -0.384. The number of hydrogen-bond acceptors (Lipinski definition) is 8. The van der Waals surface area contributed by atoms with Crippen LogP contribution in [0.25, 0.3) is 11.4 Å². The number of aromatic nitrogens is 3. The van der Waals surface area contributed by atoms with Gasteiger partial charge in [-0.1, -0.05) is 30.0 Å². The maximum atomic E-state index is 13.2. The van der Waals surface area contributed by atoms with Crippen molar-refractivity contribution in [2.75, 3.05) is 46.9 Å². The smallest absolute Gasteiger partial charge is 0.269 e. The summed E-state index contributed by atoms with van der Waals surface area (Å²) in [6, 6.07) is 13.9. The molecule has 2 aromatic carbocycles. The van der Waals surface area contributed by atoms with Crippen molar-refractivity contribution < 1.29 is 14.5 Å². The first-order chi connectivity index (χ1) is 17.0. The van der Waals surface area contributed by atoms with Gasteiger partial charge in [0, 0.05) is 62.3 Å². The number of piperazine rings is 1. The predicted molar refractivity (Wildman–Crippen MR) is 133 cm³/mol. The minimum atomic E-state index is -0.429. The molecule has 3 aromatic rings. The number of thioether (sulfide) groups is 1. The Morgan fingerprint density at radius 3 is 2.49 bits per heavy atom. The van der Waals surface area contributed by atoms with E-state index in [1.165, 1.54) is 23.9 Å². The van der Waals surface area contributed by atoms with Crippen LogP contribution in [-0.4, -0.2) is 82.3 Å². The third kappa shape index (κ3) is 5.87. The monoisotopic (exact) mass is 496 g/mol. The number of nitrogens with zero attached hydrogens (tertiary/aromatic N) is 6. The molecule has 1 aliphatic heterocycles. The number of amides is 1. The van der Waals surface area contributed by atoms with Crippen LogP contribution in [0.4, 0.5) is 5.69 Å². The molecular formula is C24H28N6O4S. The van der Waals surface area contributed by atoms with E-state index < -0.39 is 4.92 Å². The summed E-state index contributed by atoms with van der Waals surface area (Å²) in [5.74, 6) is 1.23. The van der Waals surface area contributed by atoms with Gasteiger partial charge in [0.15, 0.2) is 11.0 Å². The predicted octanol–water partition coefficient (Wildman–Crippen LogP) is 3.18. The van der Waals surface area contributed by atoms with Gasteiger partial charge in [-0.15, -0.1) is 10.2 Å². The summed E-state index contributed by atoms with van der Waals surface area (Å²) < 4.78 is 7.22. The van der Waals surface area contributed by atoms with E-state index >= 15 is 0 Å². The van der Waals surface area contributed by atoms with Gasteiger partial charge in [-0.3, -0.25) is 19.5 Å². The molecule has 1 fully saturated rings. The second-order valence-electron chi connectivity index (χ2n) is 8.30. The molecule has 11 heteroatoms. The highest BCUT2D eigenvalue weighted by Gasteiger charge is 2.23. The number of non-ortho nitro benzene ring substituents is 1. The molecular weight excluding hydrogens is 468 g/mol. The zero-order valence-corrected chi connectivity index (χ0v) is 20.6. The van der Waals surface area contributed by atoms with Crippen LogP contribution in [0.1, 0.15) is 15.9 Å². The Balaban J connectivity index is 1.54. The molecule has 1 amide bonds. The minimum Gasteiger partial charge on any atom is -0.383 e. The number of nitro benzene ring substituents is 1. The zero-order chi connectivity index (χ0) is 24.8. The highest BCUT2D eigenvalue weighted by Crippen LogP contribution is 2.29. The molecule has 10 nitrogen and oxygen atoms in total. The van der Waals surface area contributed by atoms with Crippen molar-refractivity contribution in [1.29, 1.82) is 0 Å². The van der Waals surface area contributed by atoms with E-state index in [0.717, 1.165) is 37.3 Å². The van der Waals surface area contributed by atoms with Crippen molar-refractivity contribution in [1.82, 2.24) is 24.6 Å². The Labute approximate surface area is 208 Å². The van der Waals surface area contributed by atoms with Crippen molar-refractivity contribution in [2.24, 2.45) is 0 Å². The SMILES string of the molecule is COCCn1c(SCc2ccccc2C(=O)N2CCN(C)CC2)nnc1-c1ccc([N+](=O)[O-])cc1. The molecule has 0 aliphatic carbocycles. The molecule has 1 aliphatic rings. The number of hydrogen-bond donors (Lipinski definition) is 0. The second kappa shape index (κ2) is 11.4. The molecule has 1 aromatic heterocycles. The first-order valence-electron chi connectivity index (χ1n) is 11.3. The fourth-order valence-corrected chi connectivity index (χ4v) is 4.87. The van der Waals surface area contributed by atoms with Gasteiger partial charge in [-0.05, 0) is 30.8 Å². The summed E-state index contributed by atoms with van der Waals surface area (Å²) in [7, 11) is 3.69. The summed E-state index contributed by atoms with van der Waals surface area (Å²) >= 11 is 1.50. The van der Waals surface area contributed by atoms with Crippen molar-refractivity contribution in [3.05, 3.63) is 69.8 Å². The molecule has 0 N–H and O–H groups in total. The summed E-state index contributed by atoms with van der Waals surface area (Å²) in [6.45, 7) is 4.18. The van der Waals surface area contributed by atoms with Crippen LogP contribution in [0.5, 0.6) is 0 Å². The van der Waals surface area contributed by atoms with Crippen LogP contribution in [0.3, 0.4) is 0 Å². The molecule has 0 saturated carbocycles. The highest BCUT2D eigenvalue weighted by molar-refractivity contribution is 7.98. The summed E-state index contributed by atoms with van der Waals surface area (Å²) in [6.07, 6.45) is 0.